The van der Waals surface area contributed by atoms with Crippen LogP contribution in [0, 0.1) is 13.8 Å². The lowest BCUT2D eigenvalue weighted by atomic mass is 10.2. The number of hydrogen-bond donors (Lipinski definition) is 1. The van der Waals surface area contributed by atoms with Crippen molar-refractivity contribution in [2.24, 2.45) is 7.05 Å². The Labute approximate surface area is 158 Å². The van der Waals surface area contributed by atoms with Crippen LogP contribution in [0.2, 0.25) is 0 Å². The summed E-state index contributed by atoms with van der Waals surface area (Å²) in [5.74, 6) is 1.27. The summed E-state index contributed by atoms with van der Waals surface area (Å²) in [6, 6.07) is 6.73. The summed E-state index contributed by atoms with van der Waals surface area (Å²) in [6.07, 6.45) is 0.596. The Morgan fingerprint density at radius 3 is 2.63 bits per heavy atom. The molecule has 0 saturated heterocycles. The van der Waals surface area contributed by atoms with Gasteiger partial charge in [-0.05, 0) is 26.0 Å². The van der Waals surface area contributed by atoms with Gasteiger partial charge in [0.25, 0.3) is 15.9 Å². The molecular weight excluding hydrogens is 368 g/mol. The lowest BCUT2D eigenvalue weighted by Crippen LogP contribution is -2.15. The van der Waals surface area contributed by atoms with Crippen LogP contribution in [0.4, 0.5) is 5.69 Å². The van der Waals surface area contributed by atoms with E-state index in [1.165, 1.54) is 7.11 Å². The average molecular weight is 390 g/mol. The fourth-order valence-corrected chi connectivity index (χ4v) is 4.46. The number of anilines is 1. The molecule has 1 aromatic carbocycles. The minimum atomic E-state index is -3.90. The Kier molecular flexibility index (Phi) is 4.97. The number of hydrogen-bond acceptors (Lipinski definition) is 6. The van der Waals surface area contributed by atoms with Crippen molar-refractivity contribution < 1.29 is 17.7 Å². The van der Waals surface area contributed by atoms with Crippen molar-refractivity contribution in [1.29, 1.82) is 0 Å². The van der Waals surface area contributed by atoms with Crippen LogP contribution < -0.4 is 9.46 Å². The molecule has 0 aliphatic heterocycles. The van der Waals surface area contributed by atoms with E-state index in [0.29, 0.717) is 34.9 Å². The van der Waals surface area contributed by atoms with Crippen molar-refractivity contribution in [2.75, 3.05) is 11.8 Å². The van der Waals surface area contributed by atoms with Crippen molar-refractivity contribution >= 4 is 15.7 Å². The minimum Gasteiger partial charge on any atom is -0.497 e. The molecule has 0 aliphatic carbocycles. The minimum absolute atomic E-state index is 0.122. The largest absolute Gasteiger partial charge is 0.497 e. The fourth-order valence-electron chi connectivity index (χ4n) is 2.89. The van der Waals surface area contributed by atoms with Gasteiger partial charge in [0.05, 0.1) is 18.4 Å². The summed E-state index contributed by atoms with van der Waals surface area (Å²) in [7, 11) is -0.575. The van der Waals surface area contributed by atoms with Gasteiger partial charge in [0.2, 0.25) is 0 Å². The first-order chi connectivity index (χ1) is 12.8. The maximum atomic E-state index is 13.2. The van der Waals surface area contributed by atoms with Crippen molar-refractivity contribution in [3.63, 3.8) is 0 Å². The number of nitrogens with one attached hydrogen (secondary N) is 1. The lowest BCUT2D eigenvalue weighted by molar-refractivity contribution is 0.415. The maximum Gasteiger partial charge on any atom is 0.264 e. The summed E-state index contributed by atoms with van der Waals surface area (Å²) < 4.78 is 41.3. The Morgan fingerprint density at radius 2 is 2.00 bits per heavy atom. The second-order valence-electron chi connectivity index (χ2n) is 6.14. The Hall–Kier alpha value is -2.81. The van der Waals surface area contributed by atoms with Gasteiger partial charge < -0.3 is 13.8 Å². The zero-order valence-electron chi connectivity index (χ0n) is 15.9. The third kappa shape index (κ3) is 3.42. The zero-order valence-corrected chi connectivity index (χ0v) is 16.7. The number of nitrogens with zero attached hydrogens (tertiary/aromatic N) is 3. The monoisotopic (exact) mass is 390 g/mol. The maximum absolute atomic E-state index is 13.2. The van der Waals surface area contributed by atoms with Crippen LogP contribution in [-0.4, -0.2) is 30.2 Å². The van der Waals surface area contributed by atoms with Crippen LogP contribution in [0.3, 0.4) is 0 Å². The van der Waals surface area contributed by atoms with E-state index in [2.05, 4.69) is 14.9 Å². The van der Waals surface area contributed by atoms with E-state index in [1.807, 2.05) is 13.8 Å². The molecule has 0 radical (unpaired) electrons. The highest BCUT2D eigenvalue weighted by molar-refractivity contribution is 7.93. The predicted octanol–water partition coefficient (Wildman–Crippen LogP) is 3.06. The summed E-state index contributed by atoms with van der Waals surface area (Å²) in [4.78, 5) is 4.44. The van der Waals surface area contributed by atoms with Gasteiger partial charge in [-0.1, -0.05) is 18.1 Å². The molecule has 0 fully saturated rings. The highest BCUT2D eigenvalue weighted by atomic mass is 32.2. The summed E-state index contributed by atoms with van der Waals surface area (Å²) in [5, 5.41) is 3.89. The molecule has 0 unspecified atom stereocenters. The molecule has 9 heteroatoms. The molecular formula is C18H22N4O4S. The number of sulfonamides is 1. The second kappa shape index (κ2) is 7.07. The highest BCUT2D eigenvalue weighted by Crippen LogP contribution is 2.35. The number of benzene rings is 1. The van der Waals surface area contributed by atoms with E-state index >= 15 is 0 Å². The molecule has 27 heavy (non-hydrogen) atoms. The normalized spacial score (nSPS) is 11.6. The van der Waals surface area contributed by atoms with Crippen LogP contribution in [0.1, 0.15) is 24.1 Å². The third-order valence-corrected chi connectivity index (χ3v) is 6.05. The lowest BCUT2D eigenvalue weighted by Gasteiger charge is -2.10. The Balaban J connectivity index is 2.13. The van der Waals surface area contributed by atoms with Crippen molar-refractivity contribution in [2.45, 2.75) is 32.1 Å². The van der Waals surface area contributed by atoms with Crippen LogP contribution in [0.25, 0.3) is 11.5 Å². The Bertz CT molecular complexity index is 1080. The quantitative estimate of drug-likeness (QED) is 0.694. The molecule has 3 aromatic rings. The second-order valence-corrected chi connectivity index (χ2v) is 7.76. The SMILES string of the molecule is CCc1noc(-c2c(S(=O)(=O)Nc3cccc(OC)c3)c(C)n(C)c2C)n1. The van der Waals surface area contributed by atoms with Gasteiger partial charge in [-0.25, -0.2) is 8.42 Å². The highest BCUT2D eigenvalue weighted by Gasteiger charge is 2.31. The van der Waals surface area contributed by atoms with Gasteiger partial charge in [-0.15, -0.1) is 0 Å². The number of aryl methyl sites for hydroxylation is 1. The van der Waals surface area contributed by atoms with Crippen LogP contribution in [0.15, 0.2) is 33.7 Å². The van der Waals surface area contributed by atoms with Crippen molar-refractivity contribution in [3.8, 4) is 17.2 Å². The van der Waals surface area contributed by atoms with Gasteiger partial charge in [0.1, 0.15) is 10.6 Å². The van der Waals surface area contributed by atoms with Gasteiger partial charge in [-0.2, -0.15) is 4.98 Å². The Morgan fingerprint density at radius 1 is 1.26 bits per heavy atom. The summed E-state index contributed by atoms with van der Waals surface area (Å²) in [5.41, 5.74) is 2.12. The molecule has 3 rings (SSSR count). The van der Waals surface area contributed by atoms with Gasteiger partial charge in [0, 0.05) is 30.9 Å². The van der Waals surface area contributed by atoms with E-state index in [4.69, 9.17) is 9.26 Å². The molecule has 0 spiro atoms. The molecule has 0 aliphatic rings. The molecule has 144 valence electrons. The molecule has 0 atom stereocenters. The predicted molar refractivity (Wildman–Crippen MR) is 101 cm³/mol. The number of rotatable bonds is 6. The average Bonchev–Trinajstić information content (AvgIpc) is 3.20. The number of methoxy groups -OCH3 is 1. The van der Waals surface area contributed by atoms with Crippen LogP contribution in [-0.2, 0) is 23.5 Å². The first-order valence-electron chi connectivity index (χ1n) is 8.44. The third-order valence-electron chi connectivity index (χ3n) is 4.51. The van der Waals surface area contributed by atoms with Gasteiger partial charge in [0.15, 0.2) is 5.82 Å². The molecule has 2 heterocycles. The molecule has 8 nitrogen and oxygen atoms in total. The van der Waals surface area contributed by atoms with Gasteiger partial charge >= 0.3 is 0 Å². The van der Waals surface area contributed by atoms with E-state index in [1.54, 1.807) is 42.8 Å². The van der Waals surface area contributed by atoms with Crippen molar-refractivity contribution in [1.82, 2.24) is 14.7 Å². The van der Waals surface area contributed by atoms with Crippen LogP contribution >= 0.6 is 0 Å². The molecule has 0 saturated carbocycles. The van der Waals surface area contributed by atoms with E-state index in [-0.39, 0.29) is 10.8 Å². The van der Waals surface area contributed by atoms with Crippen LogP contribution in [0.5, 0.6) is 5.75 Å². The molecule has 0 bridgehead atoms. The molecule has 0 amide bonds. The van der Waals surface area contributed by atoms with Gasteiger partial charge in [-0.3, -0.25) is 4.72 Å². The standard InChI is InChI=1S/C18H22N4O4S/c1-6-15-19-18(26-20-15)16-11(2)22(4)12(3)17(16)27(23,24)21-13-8-7-9-14(10-13)25-5/h7-10,21H,6H2,1-5H3. The van der Waals surface area contributed by atoms with E-state index in [0.717, 1.165) is 5.69 Å². The topological polar surface area (TPSA) is 99.3 Å². The van der Waals surface area contributed by atoms with E-state index < -0.39 is 10.0 Å². The first-order valence-corrected chi connectivity index (χ1v) is 9.92. The summed E-state index contributed by atoms with van der Waals surface area (Å²) >= 11 is 0. The summed E-state index contributed by atoms with van der Waals surface area (Å²) in [6.45, 7) is 5.47. The smallest absolute Gasteiger partial charge is 0.264 e. The van der Waals surface area contributed by atoms with E-state index in [9.17, 15) is 8.42 Å². The fraction of sp³-hybridized carbons (Fsp3) is 0.333. The first kappa shape index (κ1) is 19.0. The number of aromatic nitrogens is 3. The number of ether oxygens (including phenoxy) is 1. The van der Waals surface area contributed by atoms with Crippen molar-refractivity contribution in [3.05, 3.63) is 41.5 Å². The molecule has 1 N–H and O–H groups in total. The zero-order chi connectivity index (χ0) is 19.8. The molecule has 2 aromatic heterocycles.